The minimum atomic E-state index is 0.124. The quantitative estimate of drug-likeness (QED) is 0.732. The number of hydrogen-bond donors (Lipinski definition) is 1. The van der Waals surface area contributed by atoms with Gasteiger partial charge in [-0.05, 0) is 27.7 Å². The highest BCUT2D eigenvalue weighted by atomic mass is 16.3. The molecular weight excluding hydrogens is 152 g/mol. The van der Waals surface area contributed by atoms with Crippen molar-refractivity contribution in [2.75, 3.05) is 0 Å². The van der Waals surface area contributed by atoms with Crippen LogP contribution < -0.4 is 5.32 Å². The largest absolute Gasteiger partial charge is 0.447 e. The number of aromatic nitrogens is 1. The molecule has 0 atom stereocenters. The van der Waals surface area contributed by atoms with Crippen molar-refractivity contribution in [3.63, 3.8) is 0 Å². The third-order valence-electron chi connectivity index (χ3n) is 1.62. The second-order valence-electron chi connectivity index (χ2n) is 3.96. The molecule has 1 N–H and O–H groups in total. The zero-order valence-corrected chi connectivity index (χ0v) is 8.14. The summed E-state index contributed by atoms with van der Waals surface area (Å²) in [4.78, 5) is 4.01. The highest BCUT2D eigenvalue weighted by Gasteiger charge is 2.10. The van der Waals surface area contributed by atoms with E-state index in [0.29, 0.717) is 0 Å². The van der Waals surface area contributed by atoms with Crippen molar-refractivity contribution in [1.82, 2.24) is 10.3 Å². The Morgan fingerprint density at radius 1 is 1.50 bits per heavy atom. The van der Waals surface area contributed by atoms with Crippen LogP contribution in [0.5, 0.6) is 0 Å². The van der Waals surface area contributed by atoms with Gasteiger partial charge in [-0.15, -0.1) is 0 Å². The monoisotopic (exact) mass is 168 g/mol. The Balaban J connectivity index is 2.49. The molecule has 0 aromatic carbocycles. The number of aryl methyl sites for hydroxylation is 1. The van der Waals surface area contributed by atoms with Gasteiger partial charge in [0.1, 0.15) is 5.76 Å². The fraction of sp³-hybridized carbons (Fsp3) is 0.667. The molecule has 1 aromatic heterocycles. The zero-order valence-electron chi connectivity index (χ0n) is 8.14. The van der Waals surface area contributed by atoms with Gasteiger partial charge in [0.2, 0.25) is 0 Å². The van der Waals surface area contributed by atoms with Crippen molar-refractivity contribution in [2.24, 2.45) is 0 Å². The molecule has 68 valence electrons. The summed E-state index contributed by atoms with van der Waals surface area (Å²) in [7, 11) is 0. The first-order valence-corrected chi connectivity index (χ1v) is 4.13. The molecule has 3 nitrogen and oxygen atoms in total. The summed E-state index contributed by atoms with van der Waals surface area (Å²) in [5, 5.41) is 3.33. The molecule has 0 radical (unpaired) electrons. The number of nitrogens with zero attached hydrogens (tertiary/aromatic N) is 1. The number of oxazole rings is 1. The van der Waals surface area contributed by atoms with E-state index >= 15 is 0 Å². The predicted molar refractivity (Wildman–Crippen MR) is 47.8 cm³/mol. The molecule has 0 saturated carbocycles. The summed E-state index contributed by atoms with van der Waals surface area (Å²) in [5.74, 6) is 0.921. The molecule has 0 saturated heterocycles. The maximum Gasteiger partial charge on any atom is 0.181 e. The molecule has 1 aromatic rings. The van der Waals surface area contributed by atoms with Crippen LogP contribution in [0.15, 0.2) is 10.8 Å². The Hall–Kier alpha value is -0.830. The second-order valence-corrected chi connectivity index (χ2v) is 3.96. The van der Waals surface area contributed by atoms with E-state index in [4.69, 9.17) is 4.42 Å². The van der Waals surface area contributed by atoms with Gasteiger partial charge >= 0.3 is 0 Å². The van der Waals surface area contributed by atoms with Crippen LogP contribution in [0.25, 0.3) is 0 Å². The lowest BCUT2D eigenvalue weighted by atomic mass is 10.1. The lowest BCUT2D eigenvalue weighted by molar-refractivity contribution is 0.386. The van der Waals surface area contributed by atoms with Gasteiger partial charge in [0.05, 0.1) is 12.2 Å². The van der Waals surface area contributed by atoms with Crippen molar-refractivity contribution >= 4 is 0 Å². The summed E-state index contributed by atoms with van der Waals surface area (Å²) in [6.45, 7) is 9.06. The van der Waals surface area contributed by atoms with Crippen LogP contribution in [0.2, 0.25) is 0 Å². The molecule has 3 heteroatoms. The van der Waals surface area contributed by atoms with E-state index in [-0.39, 0.29) is 5.54 Å². The van der Waals surface area contributed by atoms with Crippen LogP contribution in [0.1, 0.15) is 32.2 Å². The average molecular weight is 168 g/mol. The van der Waals surface area contributed by atoms with E-state index in [1.807, 2.05) is 6.92 Å². The van der Waals surface area contributed by atoms with Gasteiger partial charge in [-0.1, -0.05) is 0 Å². The standard InChI is InChI=1S/C9H16N2O/c1-7-8(12-6-10-7)5-11-9(2,3)4/h6,11H,5H2,1-4H3. The first-order valence-electron chi connectivity index (χ1n) is 4.13. The highest BCUT2D eigenvalue weighted by molar-refractivity contribution is 5.04. The van der Waals surface area contributed by atoms with E-state index in [9.17, 15) is 0 Å². The summed E-state index contributed by atoms with van der Waals surface area (Å²) in [6.07, 6.45) is 1.48. The Bertz CT molecular complexity index is 247. The second kappa shape index (κ2) is 3.27. The third-order valence-corrected chi connectivity index (χ3v) is 1.62. The fourth-order valence-corrected chi connectivity index (χ4v) is 0.841. The van der Waals surface area contributed by atoms with Crippen LogP contribution in [0, 0.1) is 6.92 Å². The van der Waals surface area contributed by atoms with Crippen LogP contribution in [0.4, 0.5) is 0 Å². The topological polar surface area (TPSA) is 38.1 Å². The molecule has 0 bridgehead atoms. The number of hydrogen-bond acceptors (Lipinski definition) is 3. The third kappa shape index (κ3) is 2.66. The number of rotatable bonds is 2. The molecule has 0 spiro atoms. The SMILES string of the molecule is Cc1ncoc1CNC(C)(C)C. The van der Waals surface area contributed by atoms with Crippen molar-refractivity contribution in [2.45, 2.75) is 39.8 Å². The number of nitrogens with one attached hydrogen (secondary N) is 1. The van der Waals surface area contributed by atoms with E-state index in [1.54, 1.807) is 0 Å². The molecule has 12 heavy (non-hydrogen) atoms. The van der Waals surface area contributed by atoms with Crippen molar-refractivity contribution in [3.05, 3.63) is 17.8 Å². The Kier molecular flexibility index (Phi) is 2.52. The van der Waals surface area contributed by atoms with Crippen LogP contribution in [0.3, 0.4) is 0 Å². The van der Waals surface area contributed by atoms with Crippen LogP contribution in [-0.4, -0.2) is 10.5 Å². The summed E-state index contributed by atoms with van der Waals surface area (Å²) >= 11 is 0. The Labute approximate surface area is 73.2 Å². The molecule has 0 amide bonds. The lowest BCUT2D eigenvalue weighted by Crippen LogP contribution is -2.35. The lowest BCUT2D eigenvalue weighted by Gasteiger charge is -2.19. The zero-order chi connectivity index (χ0) is 9.19. The van der Waals surface area contributed by atoms with Gasteiger partial charge in [-0.2, -0.15) is 0 Å². The van der Waals surface area contributed by atoms with Gasteiger partial charge in [-0.3, -0.25) is 0 Å². The molecule has 0 fully saturated rings. The van der Waals surface area contributed by atoms with Gasteiger partial charge in [0, 0.05) is 5.54 Å². The van der Waals surface area contributed by atoms with E-state index in [0.717, 1.165) is 18.0 Å². The average Bonchev–Trinajstić information content (AvgIpc) is 2.29. The van der Waals surface area contributed by atoms with Crippen LogP contribution >= 0.6 is 0 Å². The van der Waals surface area contributed by atoms with Crippen molar-refractivity contribution in [1.29, 1.82) is 0 Å². The van der Waals surface area contributed by atoms with E-state index < -0.39 is 0 Å². The molecule has 0 aliphatic heterocycles. The maximum absolute atomic E-state index is 5.19. The van der Waals surface area contributed by atoms with Crippen LogP contribution in [-0.2, 0) is 6.54 Å². The molecule has 1 heterocycles. The van der Waals surface area contributed by atoms with Gasteiger partial charge < -0.3 is 9.73 Å². The predicted octanol–water partition coefficient (Wildman–Crippen LogP) is 1.87. The summed E-state index contributed by atoms with van der Waals surface area (Å²) < 4.78 is 5.19. The smallest absolute Gasteiger partial charge is 0.181 e. The van der Waals surface area contributed by atoms with E-state index in [1.165, 1.54) is 6.39 Å². The molecule has 0 unspecified atom stereocenters. The minimum absolute atomic E-state index is 0.124. The highest BCUT2D eigenvalue weighted by Crippen LogP contribution is 2.07. The molecule has 1 rings (SSSR count). The first-order chi connectivity index (χ1) is 5.49. The maximum atomic E-state index is 5.19. The normalized spacial score (nSPS) is 12.0. The first kappa shape index (κ1) is 9.26. The minimum Gasteiger partial charge on any atom is -0.447 e. The van der Waals surface area contributed by atoms with E-state index in [2.05, 4.69) is 31.1 Å². The van der Waals surface area contributed by atoms with Gasteiger partial charge in [0.15, 0.2) is 6.39 Å². The molecule has 0 aliphatic rings. The van der Waals surface area contributed by atoms with Crippen molar-refractivity contribution < 1.29 is 4.42 Å². The Morgan fingerprint density at radius 2 is 2.17 bits per heavy atom. The Morgan fingerprint density at radius 3 is 2.58 bits per heavy atom. The van der Waals surface area contributed by atoms with Gasteiger partial charge in [0.25, 0.3) is 0 Å². The summed E-state index contributed by atoms with van der Waals surface area (Å²) in [6, 6.07) is 0. The van der Waals surface area contributed by atoms with Crippen molar-refractivity contribution in [3.8, 4) is 0 Å². The molecule has 0 aliphatic carbocycles. The summed E-state index contributed by atoms with van der Waals surface area (Å²) in [5.41, 5.74) is 1.09. The fourth-order valence-electron chi connectivity index (χ4n) is 0.841. The van der Waals surface area contributed by atoms with Gasteiger partial charge in [-0.25, -0.2) is 4.98 Å². The molecular formula is C9H16N2O.